The molecule has 1 atom stereocenters. The summed E-state index contributed by atoms with van der Waals surface area (Å²) >= 11 is 10.3. The number of hydrogen-bond acceptors (Lipinski definition) is 1. The zero-order chi connectivity index (χ0) is 14.6. The summed E-state index contributed by atoms with van der Waals surface area (Å²) in [4.78, 5) is 0.368. The minimum Gasteiger partial charge on any atom is -0.496 e. The van der Waals surface area contributed by atoms with E-state index in [0.717, 1.165) is 28.5 Å². The van der Waals surface area contributed by atoms with Gasteiger partial charge < -0.3 is 4.74 Å². The van der Waals surface area contributed by atoms with Crippen LogP contribution in [0.5, 0.6) is 5.75 Å². The van der Waals surface area contributed by atoms with Crippen molar-refractivity contribution in [3.63, 3.8) is 0 Å². The van der Waals surface area contributed by atoms with Gasteiger partial charge in [0.05, 0.1) is 7.11 Å². The lowest BCUT2D eigenvalue weighted by Gasteiger charge is -2.58. The molecule has 0 amide bonds. The predicted molar refractivity (Wildman–Crippen MR) is 90.3 cm³/mol. The highest BCUT2D eigenvalue weighted by Crippen LogP contribution is 2.66. The third kappa shape index (κ3) is 2.34. The fourth-order valence-corrected chi connectivity index (χ4v) is 6.82. The van der Waals surface area contributed by atoms with Crippen molar-refractivity contribution in [3.8, 4) is 5.75 Å². The van der Waals surface area contributed by atoms with Gasteiger partial charge in [-0.2, -0.15) is 0 Å². The van der Waals surface area contributed by atoms with Crippen LogP contribution in [0.15, 0.2) is 18.2 Å². The average molecular weight is 370 g/mol. The Kier molecular flexibility index (Phi) is 3.54. The van der Waals surface area contributed by atoms with Gasteiger partial charge in [0.15, 0.2) is 0 Å². The SMILES string of the molecule is COc1ccc(Cl)cc1C(Br)C12CC3CC(CC(C3)C1)C2. The van der Waals surface area contributed by atoms with E-state index in [4.69, 9.17) is 16.3 Å². The summed E-state index contributed by atoms with van der Waals surface area (Å²) in [5.74, 6) is 3.85. The van der Waals surface area contributed by atoms with E-state index in [9.17, 15) is 0 Å². The van der Waals surface area contributed by atoms with Crippen molar-refractivity contribution in [2.75, 3.05) is 7.11 Å². The van der Waals surface area contributed by atoms with Crippen LogP contribution in [0, 0.1) is 23.2 Å². The van der Waals surface area contributed by atoms with E-state index in [1.165, 1.54) is 44.1 Å². The Morgan fingerprint density at radius 2 is 1.71 bits per heavy atom. The number of alkyl halides is 1. The third-order valence-electron chi connectivity index (χ3n) is 6.09. The maximum Gasteiger partial charge on any atom is 0.123 e. The van der Waals surface area contributed by atoms with Crippen molar-refractivity contribution < 1.29 is 4.74 Å². The van der Waals surface area contributed by atoms with Crippen LogP contribution in [0.3, 0.4) is 0 Å². The third-order valence-corrected chi connectivity index (χ3v) is 7.79. The first-order chi connectivity index (χ1) is 10.1. The zero-order valence-electron chi connectivity index (χ0n) is 12.4. The van der Waals surface area contributed by atoms with Crippen molar-refractivity contribution in [1.82, 2.24) is 0 Å². The molecule has 4 saturated carbocycles. The van der Waals surface area contributed by atoms with Crippen LogP contribution in [0.4, 0.5) is 0 Å². The van der Waals surface area contributed by atoms with Gasteiger partial charge in [0.2, 0.25) is 0 Å². The summed E-state index contributed by atoms with van der Waals surface area (Å²) in [6.45, 7) is 0. The summed E-state index contributed by atoms with van der Waals surface area (Å²) < 4.78 is 5.60. The largest absolute Gasteiger partial charge is 0.496 e. The van der Waals surface area contributed by atoms with Crippen molar-refractivity contribution in [1.29, 1.82) is 0 Å². The molecule has 0 heterocycles. The van der Waals surface area contributed by atoms with Crippen LogP contribution < -0.4 is 4.74 Å². The van der Waals surface area contributed by atoms with Crippen LogP contribution in [0.25, 0.3) is 0 Å². The number of hydrogen-bond donors (Lipinski definition) is 0. The summed E-state index contributed by atoms with van der Waals surface area (Å²) in [5.41, 5.74) is 1.67. The van der Waals surface area contributed by atoms with Crippen LogP contribution >= 0.6 is 27.5 Å². The first-order valence-electron chi connectivity index (χ1n) is 8.07. The molecule has 0 aromatic heterocycles. The van der Waals surface area contributed by atoms with Gasteiger partial charge >= 0.3 is 0 Å². The molecule has 0 radical (unpaired) electrons. The van der Waals surface area contributed by atoms with Crippen molar-refractivity contribution in [2.45, 2.75) is 43.4 Å². The Labute approximate surface area is 140 Å². The second kappa shape index (κ2) is 5.16. The molecule has 114 valence electrons. The number of ether oxygens (including phenoxy) is 1. The normalized spacial score (nSPS) is 38.5. The molecule has 4 aliphatic carbocycles. The summed E-state index contributed by atoms with van der Waals surface area (Å²) in [6.07, 6.45) is 8.57. The molecule has 1 nitrogen and oxygen atoms in total. The molecule has 3 heteroatoms. The van der Waals surface area contributed by atoms with Crippen molar-refractivity contribution in [3.05, 3.63) is 28.8 Å². The molecule has 4 bridgehead atoms. The van der Waals surface area contributed by atoms with Crippen LogP contribution in [0.1, 0.15) is 48.9 Å². The molecule has 1 aromatic rings. The van der Waals surface area contributed by atoms with Gasteiger partial charge in [0.1, 0.15) is 5.75 Å². The van der Waals surface area contributed by atoms with Gasteiger partial charge in [-0.25, -0.2) is 0 Å². The Balaban J connectivity index is 1.71. The molecule has 0 aliphatic heterocycles. The molecular formula is C18H22BrClO. The maximum atomic E-state index is 6.25. The molecular weight excluding hydrogens is 348 g/mol. The minimum atomic E-state index is 0.368. The topological polar surface area (TPSA) is 9.23 Å². The van der Waals surface area contributed by atoms with Crippen LogP contribution in [-0.4, -0.2) is 7.11 Å². The summed E-state index contributed by atoms with van der Waals surface area (Å²) in [5, 5.41) is 0.806. The van der Waals surface area contributed by atoms with E-state index in [1.807, 2.05) is 12.1 Å². The van der Waals surface area contributed by atoms with E-state index in [0.29, 0.717) is 10.2 Å². The lowest BCUT2D eigenvalue weighted by Crippen LogP contribution is -2.47. The fourth-order valence-electron chi connectivity index (χ4n) is 5.72. The fraction of sp³-hybridized carbons (Fsp3) is 0.667. The Hall–Kier alpha value is -0.210. The highest BCUT2D eigenvalue weighted by Gasteiger charge is 2.54. The first kappa shape index (κ1) is 14.4. The van der Waals surface area contributed by atoms with Crippen LogP contribution in [0.2, 0.25) is 5.02 Å². The number of halogens is 2. The van der Waals surface area contributed by atoms with Gasteiger partial charge in [0, 0.05) is 15.4 Å². The van der Waals surface area contributed by atoms with E-state index >= 15 is 0 Å². The molecule has 1 unspecified atom stereocenters. The molecule has 0 spiro atoms. The molecule has 4 fully saturated rings. The Morgan fingerprint density at radius 1 is 1.14 bits per heavy atom. The second-order valence-corrected chi connectivity index (χ2v) is 8.88. The highest BCUT2D eigenvalue weighted by molar-refractivity contribution is 9.09. The average Bonchev–Trinajstić information content (AvgIpc) is 2.45. The van der Waals surface area contributed by atoms with Crippen molar-refractivity contribution >= 4 is 27.5 Å². The Morgan fingerprint density at radius 3 is 2.24 bits per heavy atom. The number of benzene rings is 1. The maximum absolute atomic E-state index is 6.25. The second-order valence-electron chi connectivity index (χ2n) is 7.53. The zero-order valence-corrected chi connectivity index (χ0v) is 14.8. The standard InChI is InChI=1S/C18H22BrClO/c1-21-16-3-2-14(20)7-15(16)17(19)18-8-11-4-12(9-18)6-13(5-11)10-18/h2-3,7,11-13,17H,4-6,8-10H2,1H3. The van der Waals surface area contributed by atoms with Gasteiger partial charge in [-0.1, -0.05) is 27.5 Å². The van der Waals surface area contributed by atoms with E-state index < -0.39 is 0 Å². The van der Waals surface area contributed by atoms with Gasteiger partial charge in [-0.15, -0.1) is 0 Å². The molecule has 4 aliphatic rings. The summed E-state index contributed by atoms with van der Waals surface area (Å²) in [6, 6.07) is 6.02. The lowest BCUT2D eigenvalue weighted by molar-refractivity contribution is -0.0530. The molecule has 0 saturated heterocycles. The van der Waals surface area contributed by atoms with Gasteiger partial charge in [-0.3, -0.25) is 0 Å². The minimum absolute atomic E-state index is 0.368. The number of rotatable bonds is 3. The first-order valence-corrected chi connectivity index (χ1v) is 9.36. The predicted octanol–water partition coefficient (Wildman–Crippen LogP) is 6.00. The quantitative estimate of drug-likeness (QED) is 0.594. The van der Waals surface area contributed by atoms with Gasteiger partial charge in [-0.05, 0) is 79.9 Å². The lowest BCUT2D eigenvalue weighted by atomic mass is 9.48. The summed E-state index contributed by atoms with van der Waals surface area (Å²) in [7, 11) is 1.76. The highest BCUT2D eigenvalue weighted by atomic mass is 79.9. The van der Waals surface area contributed by atoms with Gasteiger partial charge in [0.25, 0.3) is 0 Å². The van der Waals surface area contributed by atoms with Crippen LogP contribution in [-0.2, 0) is 0 Å². The smallest absolute Gasteiger partial charge is 0.123 e. The number of methoxy groups -OCH3 is 1. The monoisotopic (exact) mass is 368 g/mol. The molecule has 21 heavy (non-hydrogen) atoms. The van der Waals surface area contributed by atoms with E-state index in [2.05, 4.69) is 22.0 Å². The Bertz CT molecular complexity index is 521. The van der Waals surface area contributed by atoms with Crippen molar-refractivity contribution in [2.24, 2.45) is 23.2 Å². The molecule has 5 rings (SSSR count). The molecule has 0 N–H and O–H groups in total. The van der Waals surface area contributed by atoms with E-state index in [1.54, 1.807) is 7.11 Å². The molecule has 1 aromatic carbocycles. The van der Waals surface area contributed by atoms with E-state index in [-0.39, 0.29) is 0 Å².